The number of halogens is 1. The summed E-state index contributed by atoms with van der Waals surface area (Å²) < 4.78 is 38.5. The predicted molar refractivity (Wildman–Crippen MR) is 96.7 cm³/mol. The van der Waals surface area contributed by atoms with E-state index in [1.807, 2.05) is 0 Å². The molecule has 0 saturated heterocycles. The van der Waals surface area contributed by atoms with Gasteiger partial charge in [0, 0.05) is 19.7 Å². The highest BCUT2D eigenvalue weighted by molar-refractivity contribution is 7.89. The van der Waals surface area contributed by atoms with Gasteiger partial charge in [-0.2, -0.15) is 0 Å². The molecule has 0 unspecified atom stereocenters. The average Bonchev–Trinajstić information content (AvgIpc) is 2.59. The minimum Gasteiger partial charge on any atom is -0.343 e. The minimum atomic E-state index is -3.53. The van der Waals surface area contributed by atoms with E-state index in [4.69, 9.17) is 0 Å². The Morgan fingerprint density at radius 3 is 2.08 bits per heavy atom. The monoisotopic (exact) mass is 376 g/mol. The summed E-state index contributed by atoms with van der Waals surface area (Å²) in [7, 11) is -0.614. The molecule has 0 atom stereocenters. The Balaban J connectivity index is 1.80. The van der Waals surface area contributed by atoms with Gasteiger partial charge in [-0.1, -0.05) is 12.1 Å². The quantitative estimate of drug-likeness (QED) is 0.873. The van der Waals surface area contributed by atoms with Gasteiger partial charge in [-0.05, 0) is 61.2 Å². The van der Waals surface area contributed by atoms with Crippen molar-refractivity contribution in [3.63, 3.8) is 0 Å². The molecule has 1 saturated carbocycles. The standard InChI is InChI=1S/C19H21FN2O3S/c1-22(2)26(24,25)17-10-4-14(5-11-17)18(23)21-19(12-3-13-19)15-6-8-16(20)9-7-15/h4-11H,3,12-13H2,1-2H3,(H,21,23). The van der Waals surface area contributed by atoms with Gasteiger partial charge in [-0.15, -0.1) is 0 Å². The molecule has 1 fully saturated rings. The number of sulfonamides is 1. The highest BCUT2D eigenvalue weighted by Crippen LogP contribution is 2.41. The molecule has 0 aliphatic heterocycles. The second-order valence-electron chi connectivity index (χ2n) is 6.71. The Labute approximate surface area is 152 Å². The fourth-order valence-corrected chi connectivity index (χ4v) is 3.97. The van der Waals surface area contributed by atoms with Crippen LogP contribution >= 0.6 is 0 Å². The summed E-state index contributed by atoms with van der Waals surface area (Å²) in [5.41, 5.74) is 0.778. The van der Waals surface area contributed by atoms with Crippen LogP contribution in [0.3, 0.4) is 0 Å². The number of hydrogen-bond acceptors (Lipinski definition) is 3. The van der Waals surface area contributed by atoms with Gasteiger partial charge in [0.05, 0.1) is 10.4 Å². The van der Waals surface area contributed by atoms with Crippen LogP contribution in [0.5, 0.6) is 0 Å². The van der Waals surface area contributed by atoms with E-state index in [9.17, 15) is 17.6 Å². The van der Waals surface area contributed by atoms with E-state index >= 15 is 0 Å². The van der Waals surface area contributed by atoms with Crippen molar-refractivity contribution in [3.05, 3.63) is 65.5 Å². The van der Waals surface area contributed by atoms with Crippen LogP contribution in [0.4, 0.5) is 4.39 Å². The van der Waals surface area contributed by atoms with Gasteiger partial charge in [-0.25, -0.2) is 17.1 Å². The van der Waals surface area contributed by atoms with Crippen molar-refractivity contribution in [3.8, 4) is 0 Å². The summed E-state index contributed by atoms with van der Waals surface area (Å²) in [6.07, 6.45) is 2.56. The number of benzene rings is 2. The lowest BCUT2D eigenvalue weighted by molar-refractivity contribution is 0.0823. The summed E-state index contributed by atoms with van der Waals surface area (Å²) >= 11 is 0. The van der Waals surface area contributed by atoms with Gasteiger partial charge in [0.1, 0.15) is 5.82 Å². The molecule has 3 rings (SSSR count). The van der Waals surface area contributed by atoms with Crippen molar-refractivity contribution in [2.75, 3.05) is 14.1 Å². The van der Waals surface area contributed by atoms with Gasteiger partial charge < -0.3 is 5.32 Å². The Kier molecular flexibility index (Phi) is 4.86. The van der Waals surface area contributed by atoms with Crippen molar-refractivity contribution in [2.24, 2.45) is 0 Å². The number of nitrogens with zero attached hydrogens (tertiary/aromatic N) is 1. The topological polar surface area (TPSA) is 66.5 Å². The van der Waals surface area contributed by atoms with Crippen molar-refractivity contribution >= 4 is 15.9 Å². The van der Waals surface area contributed by atoms with E-state index in [0.29, 0.717) is 5.56 Å². The summed E-state index contributed by atoms with van der Waals surface area (Å²) in [6, 6.07) is 12.0. The molecule has 2 aromatic rings. The van der Waals surface area contributed by atoms with Gasteiger partial charge in [0.25, 0.3) is 5.91 Å². The number of rotatable bonds is 5. The molecule has 1 aliphatic rings. The van der Waals surface area contributed by atoms with Crippen LogP contribution in [0.15, 0.2) is 53.4 Å². The second-order valence-corrected chi connectivity index (χ2v) is 8.86. The maximum Gasteiger partial charge on any atom is 0.251 e. The maximum absolute atomic E-state index is 13.2. The number of hydrogen-bond donors (Lipinski definition) is 1. The lowest BCUT2D eigenvalue weighted by Crippen LogP contribution is -2.50. The lowest BCUT2D eigenvalue weighted by Gasteiger charge is -2.43. The second kappa shape index (κ2) is 6.81. The molecule has 0 aromatic heterocycles. The molecular weight excluding hydrogens is 355 g/mol. The molecule has 1 amide bonds. The van der Waals surface area contributed by atoms with E-state index < -0.39 is 15.6 Å². The molecule has 138 valence electrons. The van der Waals surface area contributed by atoms with Crippen molar-refractivity contribution < 1.29 is 17.6 Å². The third-order valence-electron chi connectivity index (χ3n) is 4.85. The van der Waals surface area contributed by atoms with Crippen LogP contribution < -0.4 is 5.32 Å². The van der Waals surface area contributed by atoms with Crippen molar-refractivity contribution in [1.82, 2.24) is 9.62 Å². The summed E-state index contributed by atoms with van der Waals surface area (Å²) in [5.74, 6) is -0.588. The Morgan fingerprint density at radius 2 is 1.62 bits per heavy atom. The zero-order valence-corrected chi connectivity index (χ0v) is 15.5. The molecule has 26 heavy (non-hydrogen) atoms. The number of nitrogens with one attached hydrogen (secondary N) is 1. The highest BCUT2D eigenvalue weighted by atomic mass is 32.2. The molecule has 0 heterocycles. The Morgan fingerprint density at radius 1 is 1.04 bits per heavy atom. The summed E-state index contributed by atoms with van der Waals surface area (Å²) in [4.78, 5) is 12.8. The smallest absolute Gasteiger partial charge is 0.251 e. The fourth-order valence-electron chi connectivity index (χ4n) is 3.06. The zero-order valence-electron chi connectivity index (χ0n) is 14.7. The highest BCUT2D eigenvalue weighted by Gasteiger charge is 2.40. The fraction of sp³-hybridized carbons (Fsp3) is 0.316. The molecular formula is C19H21FN2O3S. The first kappa shape index (κ1) is 18.5. The third-order valence-corrected chi connectivity index (χ3v) is 6.68. The molecule has 0 spiro atoms. The van der Waals surface area contributed by atoms with Gasteiger partial charge >= 0.3 is 0 Å². The molecule has 2 aromatic carbocycles. The Bertz CT molecular complexity index is 903. The average molecular weight is 376 g/mol. The molecule has 1 aliphatic carbocycles. The van der Waals surface area contributed by atoms with Gasteiger partial charge in [-0.3, -0.25) is 4.79 Å². The SMILES string of the molecule is CN(C)S(=O)(=O)c1ccc(C(=O)NC2(c3ccc(F)cc3)CCC2)cc1. The summed E-state index contributed by atoms with van der Waals surface area (Å²) in [5, 5.41) is 3.04. The van der Waals surface area contributed by atoms with E-state index in [-0.39, 0.29) is 16.6 Å². The van der Waals surface area contributed by atoms with Crippen molar-refractivity contribution in [2.45, 2.75) is 29.7 Å². The number of amides is 1. The zero-order chi connectivity index (χ0) is 18.9. The van der Waals surface area contributed by atoms with Crippen LogP contribution in [0.2, 0.25) is 0 Å². The third kappa shape index (κ3) is 3.37. The van der Waals surface area contributed by atoms with E-state index in [1.165, 1.54) is 50.5 Å². The van der Waals surface area contributed by atoms with Crippen LogP contribution in [0.1, 0.15) is 35.2 Å². The van der Waals surface area contributed by atoms with E-state index in [1.54, 1.807) is 12.1 Å². The predicted octanol–water partition coefficient (Wildman–Crippen LogP) is 2.89. The van der Waals surface area contributed by atoms with Crippen LogP contribution in [0, 0.1) is 5.82 Å². The van der Waals surface area contributed by atoms with E-state index in [2.05, 4.69) is 5.32 Å². The number of carbonyl (C=O) groups excluding carboxylic acids is 1. The first-order valence-corrected chi connectivity index (χ1v) is 9.80. The molecule has 0 radical (unpaired) electrons. The lowest BCUT2D eigenvalue weighted by atomic mass is 9.71. The molecule has 0 bridgehead atoms. The van der Waals surface area contributed by atoms with Crippen LogP contribution in [-0.2, 0) is 15.6 Å². The Hall–Kier alpha value is -2.25. The first-order valence-electron chi connectivity index (χ1n) is 8.36. The van der Waals surface area contributed by atoms with Crippen molar-refractivity contribution in [1.29, 1.82) is 0 Å². The van der Waals surface area contributed by atoms with Crippen LogP contribution in [-0.4, -0.2) is 32.7 Å². The maximum atomic E-state index is 13.2. The van der Waals surface area contributed by atoms with Gasteiger partial charge in [0.15, 0.2) is 0 Å². The number of carbonyl (C=O) groups is 1. The minimum absolute atomic E-state index is 0.135. The molecule has 7 heteroatoms. The molecule has 1 N–H and O–H groups in total. The van der Waals surface area contributed by atoms with Gasteiger partial charge in [0.2, 0.25) is 10.0 Å². The van der Waals surface area contributed by atoms with Crippen LogP contribution in [0.25, 0.3) is 0 Å². The normalized spacial score (nSPS) is 16.2. The van der Waals surface area contributed by atoms with E-state index in [0.717, 1.165) is 29.1 Å². The first-order chi connectivity index (χ1) is 12.2. The largest absolute Gasteiger partial charge is 0.343 e. The summed E-state index contributed by atoms with van der Waals surface area (Å²) in [6.45, 7) is 0. The molecule has 5 nitrogen and oxygen atoms in total.